The van der Waals surface area contributed by atoms with Crippen LogP contribution in [0.25, 0.3) is 0 Å². The number of aryl methyl sites for hydroxylation is 3. The van der Waals surface area contributed by atoms with Crippen LogP contribution in [0.1, 0.15) is 23.1 Å². The molecule has 2 aromatic carbocycles. The van der Waals surface area contributed by atoms with Crippen LogP contribution in [0.3, 0.4) is 0 Å². The lowest BCUT2D eigenvalue weighted by atomic mass is 10.1. The number of rotatable bonds is 5. The van der Waals surface area contributed by atoms with Crippen molar-refractivity contribution in [3.05, 3.63) is 59.2 Å². The molecule has 2 rings (SSSR count). The van der Waals surface area contributed by atoms with Crippen molar-refractivity contribution < 1.29 is 14.6 Å². The van der Waals surface area contributed by atoms with E-state index in [2.05, 4.69) is 6.07 Å². The van der Waals surface area contributed by atoms with Crippen LogP contribution in [0.15, 0.2) is 42.5 Å². The van der Waals surface area contributed by atoms with Crippen molar-refractivity contribution in [2.75, 3.05) is 0 Å². The van der Waals surface area contributed by atoms with Crippen LogP contribution >= 0.6 is 0 Å². The van der Waals surface area contributed by atoms with Crippen LogP contribution < -0.4 is 4.74 Å². The number of hydrogen-bond donors (Lipinski definition) is 1. The van der Waals surface area contributed by atoms with Crippen LogP contribution in [0.5, 0.6) is 11.5 Å². The van der Waals surface area contributed by atoms with Crippen molar-refractivity contribution in [2.45, 2.75) is 26.7 Å². The van der Waals surface area contributed by atoms with Gasteiger partial charge in [-0.25, -0.2) is 0 Å². The lowest BCUT2D eigenvalue weighted by molar-refractivity contribution is -0.136. The Morgan fingerprint density at radius 2 is 1.80 bits per heavy atom. The van der Waals surface area contributed by atoms with Gasteiger partial charge in [0.2, 0.25) is 0 Å². The summed E-state index contributed by atoms with van der Waals surface area (Å²) in [6, 6.07) is 13.6. The van der Waals surface area contributed by atoms with E-state index in [9.17, 15) is 4.79 Å². The predicted molar refractivity (Wildman–Crippen MR) is 78.4 cm³/mol. The first-order valence-electron chi connectivity index (χ1n) is 6.60. The van der Waals surface area contributed by atoms with Gasteiger partial charge < -0.3 is 9.84 Å². The van der Waals surface area contributed by atoms with E-state index in [1.54, 1.807) is 0 Å². The van der Waals surface area contributed by atoms with Crippen LogP contribution in [0.4, 0.5) is 0 Å². The molecule has 3 heteroatoms. The first kappa shape index (κ1) is 14.1. The van der Waals surface area contributed by atoms with Gasteiger partial charge >= 0.3 is 5.97 Å². The van der Waals surface area contributed by atoms with Crippen molar-refractivity contribution in [3.8, 4) is 11.5 Å². The van der Waals surface area contributed by atoms with Crippen LogP contribution in [-0.4, -0.2) is 11.1 Å². The molecule has 0 atom stereocenters. The van der Waals surface area contributed by atoms with E-state index in [4.69, 9.17) is 9.84 Å². The molecule has 1 N–H and O–H groups in total. The largest absolute Gasteiger partial charge is 0.481 e. The van der Waals surface area contributed by atoms with Gasteiger partial charge in [-0.2, -0.15) is 0 Å². The van der Waals surface area contributed by atoms with Gasteiger partial charge in [-0.05, 0) is 49.6 Å². The Labute approximate surface area is 118 Å². The molecule has 0 fully saturated rings. The summed E-state index contributed by atoms with van der Waals surface area (Å²) in [7, 11) is 0. The summed E-state index contributed by atoms with van der Waals surface area (Å²) in [5.74, 6) is 0.825. The minimum Gasteiger partial charge on any atom is -0.481 e. The summed E-state index contributed by atoms with van der Waals surface area (Å²) in [6.45, 7) is 4.07. The molecule has 0 bridgehead atoms. The third kappa shape index (κ3) is 3.85. The Morgan fingerprint density at radius 1 is 1.10 bits per heavy atom. The molecule has 3 nitrogen and oxygen atoms in total. The molecule has 0 spiro atoms. The van der Waals surface area contributed by atoms with Gasteiger partial charge in [0, 0.05) is 6.42 Å². The predicted octanol–water partition coefficient (Wildman–Crippen LogP) is 4.11. The highest BCUT2D eigenvalue weighted by molar-refractivity contribution is 5.67. The molecular formula is C17H18O3. The van der Waals surface area contributed by atoms with E-state index in [0.29, 0.717) is 6.42 Å². The molecule has 0 radical (unpaired) electrons. The highest BCUT2D eigenvalue weighted by atomic mass is 16.5. The van der Waals surface area contributed by atoms with Gasteiger partial charge in [-0.3, -0.25) is 4.79 Å². The molecule has 0 amide bonds. The Bertz CT molecular complexity index is 600. The van der Waals surface area contributed by atoms with Gasteiger partial charge in [0.05, 0.1) is 0 Å². The number of ether oxygens (including phenoxy) is 1. The second kappa shape index (κ2) is 6.24. The van der Waals surface area contributed by atoms with Crippen molar-refractivity contribution in [1.29, 1.82) is 0 Å². The molecule has 0 aliphatic carbocycles. The lowest BCUT2D eigenvalue weighted by Gasteiger charge is -2.10. The standard InChI is InChI=1S/C17H18O3/c1-12-3-9-16(13(2)11-12)20-15-7-4-14(5-8-15)6-10-17(18)19/h3-5,7-9,11H,6,10H2,1-2H3,(H,18,19). The van der Waals surface area contributed by atoms with Crippen LogP contribution in [0.2, 0.25) is 0 Å². The minimum absolute atomic E-state index is 0.150. The summed E-state index contributed by atoms with van der Waals surface area (Å²) >= 11 is 0. The number of carboxylic acid groups (broad SMARTS) is 1. The number of carbonyl (C=O) groups is 1. The monoisotopic (exact) mass is 270 g/mol. The molecule has 0 aromatic heterocycles. The number of benzene rings is 2. The lowest BCUT2D eigenvalue weighted by Crippen LogP contribution is -1.97. The maximum Gasteiger partial charge on any atom is 0.303 e. The van der Waals surface area contributed by atoms with Crippen molar-refractivity contribution in [1.82, 2.24) is 0 Å². The van der Waals surface area contributed by atoms with Gasteiger partial charge in [0.1, 0.15) is 11.5 Å². The van der Waals surface area contributed by atoms with Gasteiger partial charge in [0.15, 0.2) is 0 Å². The number of carboxylic acids is 1. The SMILES string of the molecule is Cc1ccc(Oc2ccc(CCC(=O)O)cc2)c(C)c1. The molecule has 0 aliphatic rings. The molecule has 0 aliphatic heterocycles. The second-order valence-electron chi connectivity index (χ2n) is 4.91. The fourth-order valence-electron chi connectivity index (χ4n) is 2.02. The fourth-order valence-corrected chi connectivity index (χ4v) is 2.02. The van der Waals surface area contributed by atoms with Crippen molar-refractivity contribution in [2.24, 2.45) is 0 Å². The zero-order valence-corrected chi connectivity index (χ0v) is 11.7. The summed E-state index contributed by atoms with van der Waals surface area (Å²) in [5, 5.41) is 8.65. The average Bonchev–Trinajstić information content (AvgIpc) is 2.41. The van der Waals surface area contributed by atoms with E-state index in [0.717, 1.165) is 22.6 Å². The van der Waals surface area contributed by atoms with Gasteiger partial charge in [-0.15, -0.1) is 0 Å². The molecule has 0 saturated heterocycles. The average molecular weight is 270 g/mol. The van der Waals surface area contributed by atoms with E-state index < -0.39 is 5.97 Å². The number of aliphatic carboxylic acids is 1. The van der Waals surface area contributed by atoms with Crippen LogP contribution in [-0.2, 0) is 11.2 Å². The molecule has 0 unspecified atom stereocenters. The summed E-state index contributed by atoms with van der Waals surface area (Å²) < 4.78 is 5.83. The highest BCUT2D eigenvalue weighted by Crippen LogP contribution is 2.26. The molecular weight excluding hydrogens is 252 g/mol. The highest BCUT2D eigenvalue weighted by Gasteiger charge is 2.03. The topological polar surface area (TPSA) is 46.5 Å². The zero-order valence-electron chi connectivity index (χ0n) is 11.7. The first-order valence-corrected chi connectivity index (χ1v) is 6.60. The third-order valence-corrected chi connectivity index (χ3v) is 3.11. The quantitative estimate of drug-likeness (QED) is 0.889. The van der Waals surface area contributed by atoms with E-state index in [1.165, 1.54) is 5.56 Å². The molecule has 104 valence electrons. The van der Waals surface area contributed by atoms with Crippen molar-refractivity contribution in [3.63, 3.8) is 0 Å². The Morgan fingerprint density at radius 3 is 2.40 bits per heavy atom. The van der Waals surface area contributed by atoms with Gasteiger partial charge in [0.25, 0.3) is 0 Å². The maximum absolute atomic E-state index is 10.5. The summed E-state index contributed by atoms with van der Waals surface area (Å²) in [6.07, 6.45) is 0.691. The second-order valence-corrected chi connectivity index (χ2v) is 4.91. The molecule has 20 heavy (non-hydrogen) atoms. The minimum atomic E-state index is -0.777. The van der Waals surface area contributed by atoms with E-state index in [1.807, 2.05) is 50.2 Å². The van der Waals surface area contributed by atoms with E-state index in [-0.39, 0.29) is 6.42 Å². The molecule has 0 saturated carbocycles. The Kier molecular flexibility index (Phi) is 4.41. The Balaban J connectivity index is 2.05. The molecule has 0 heterocycles. The normalized spacial score (nSPS) is 10.3. The number of hydrogen-bond acceptors (Lipinski definition) is 2. The fraction of sp³-hybridized carbons (Fsp3) is 0.235. The van der Waals surface area contributed by atoms with Crippen molar-refractivity contribution >= 4 is 5.97 Å². The zero-order chi connectivity index (χ0) is 14.5. The Hall–Kier alpha value is -2.29. The summed E-state index contributed by atoms with van der Waals surface area (Å²) in [4.78, 5) is 10.5. The van der Waals surface area contributed by atoms with Gasteiger partial charge in [-0.1, -0.05) is 29.8 Å². The maximum atomic E-state index is 10.5. The van der Waals surface area contributed by atoms with E-state index >= 15 is 0 Å². The van der Waals surface area contributed by atoms with Crippen LogP contribution in [0, 0.1) is 13.8 Å². The summed E-state index contributed by atoms with van der Waals surface area (Å²) in [5.41, 5.74) is 3.30. The first-order chi connectivity index (χ1) is 9.54. The molecule has 2 aromatic rings. The smallest absolute Gasteiger partial charge is 0.303 e. The third-order valence-electron chi connectivity index (χ3n) is 3.11.